The minimum absolute atomic E-state index is 0.0388. The zero-order valence-electron chi connectivity index (χ0n) is 26.2. The monoisotopic (exact) mass is 598 g/mol. The summed E-state index contributed by atoms with van der Waals surface area (Å²) in [6, 6.07) is 8.62. The van der Waals surface area contributed by atoms with Gasteiger partial charge in [-0.2, -0.15) is 0 Å². The molecular weight excluding hydrogens is 545 g/mol. The van der Waals surface area contributed by atoms with Crippen molar-refractivity contribution >= 4 is 26.5 Å². The maximum absolute atomic E-state index is 13.4. The molecule has 1 saturated heterocycles. The van der Waals surface area contributed by atoms with Gasteiger partial charge in [-0.05, 0) is 54.8 Å². The Kier molecular flexibility index (Phi) is 11.5. The molecular formula is C30H54O6SSi2. The second-order valence-corrected chi connectivity index (χ2v) is 25.6. The fraction of sp³-hybridized carbons (Fsp3) is 0.733. The Morgan fingerprint density at radius 1 is 0.974 bits per heavy atom. The van der Waals surface area contributed by atoms with Gasteiger partial charge in [0.25, 0.3) is 0 Å². The molecule has 1 aliphatic rings. The highest BCUT2D eigenvalue weighted by Gasteiger charge is 2.48. The molecule has 0 bridgehead atoms. The van der Waals surface area contributed by atoms with E-state index in [0.29, 0.717) is 24.3 Å². The molecule has 0 amide bonds. The number of methoxy groups -OCH3 is 1. The fourth-order valence-electron chi connectivity index (χ4n) is 4.50. The molecule has 1 heterocycles. The molecule has 0 spiro atoms. The number of ether oxygens (including phenoxy) is 2. The lowest BCUT2D eigenvalue weighted by Gasteiger charge is -2.42. The summed E-state index contributed by atoms with van der Waals surface area (Å²) >= 11 is 0. The third-order valence-electron chi connectivity index (χ3n) is 9.00. The normalized spacial score (nSPS) is 24.1. The Hall–Kier alpha value is -0.816. The van der Waals surface area contributed by atoms with Crippen molar-refractivity contribution in [2.75, 3.05) is 19.5 Å². The molecule has 1 aromatic carbocycles. The number of hydrogen-bond acceptors (Lipinski definition) is 6. The Bertz CT molecular complexity index is 1030. The van der Waals surface area contributed by atoms with E-state index in [9.17, 15) is 8.42 Å². The van der Waals surface area contributed by atoms with Crippen LogP contribution in [0.4, 0.5) is 0 Å². The quantitative estimate of drug-likeness (QED) is 0.176. The van der Waals surface area contributed by atoms with Crippen molar-refractivity contribution in [3.63, 3.8) is 0 Å². The van der Waals surface area contributed by atoms with Crippen molar-refractivity contribution in [2.45, 2.75) is 120 Å². The SMILES string of the molecule is C=CC[C@@H]1O[C@H](C[C@@H](CO[Si](C)(C)C(C)(C)C)O[Si](C)(C)C(C)(C)C)[C@H](OC)[C@H]1CS(=O)(=O)c1ccccc1. The summed E-state index contributed by atoms with van der Waals surface area (Å²) in [6.45, 7) is 26.8. The van der Waals surface area contributed by atoms with Crippen molar-refractivity contribution in [2.24, 2.45) is 5.92 Å². The van der Waals surface area contributed by atoms with Crippen LogP contribution in [0.2, 0.25) is 36.3 Å². The molecule has 0 aliphatic carbocycles. The minimum Gasteiger partial charge on any atom is -0.414 e. The molecule has 9 heteroatoms. The standard InChI is InChI=1S/C30H54O6SSi2/c1-13-17-26-25(22-37(31,32)24-18-15-14-16-19-24)28(33-8)27(35-26)20-23(36-39(11,12)30(5,6)7)21-34-38(9,10)29(2,3)4/h13-16,18-19,23,25-28H,1,17,20-22H2,2-12H3/t23-,25-,26-,27+,28+/m0/s1. The van der Waals surface area contributed by atoms with Gasteiger partial charge in [0.1, 0.15) is 0 Å². The van der Waals surface area contributed by atoms with Gasteiger partial charge >= 0.3 is 0 Å². The summed E-state index contributed by atoms with van der Waals surface area (Å²) in [5, 5.41) is 0.122. The van der Waals surface area contributed by atoms with E-state index >= 15 is 0 Å². The summed E-state index contributed by atoms with van der Waals surface area (Å²) in [7, 11) is -6.00. The van der Waals surface area contributed by atoms with E-state index in [-0.39, 0.29) is 46.2 Å². The summed E-state index contributed by atoms with van der Waals surface area (Å²) in [5.74, 6) is -0.364. The zero-order chi connectivity index (χ0) is 29.9. The van der Waals surface area contributed by atoms with E-state index in [1.54, 1.807) is 37.5 Å². The molecule has 5 atom stereocenters. The van der Waals surface area contributed by atoms with Gasteiger partial charge in [0.15, 0.2) is 26.5 Å². The van der Waals surface area contributed by atoms with Crippen molar-refractivity contribution in [3.8, 4) is 0 Å². The summed E-state index contributed by atoms with van der Waals surface area (Å²) in [6.07, 6.45) is 1.75. The van der Waals surface area contributed by atoms with Gasteiger partial charge in [-0.3, -0.25) is 0 Å². The zero-order valence-corrected chi connectivity index (χ0v) is 29.1. The average Bonchev–Trinajstić information content (AvgIpc) is 3.11. The van der Waals surface area contributed by atoms with Crippen LogP contribution in [0.5, 0.6) is 0 Å². The molecule has 0 saturated carbocycles. The van der Waals surface area contributed by atoms with E-state index in [1.165, 1.54) is 0 Å². The molecule has 1 aliphatic heterocycles. The number of sulfone groups is 1. The second kappa shape index (κ2) is 13.0. The van der Waals surface area contributed by atoms with E-state index < -0.39 is 26.5 Å². The Morgan fingerprint density at radius 3 is 2.03 bits per heavy atom. The maximum Gasteiger partial charge on any atom is 0.192 e. The second-order valence-electron chi connectivity index (χ2n) is 14.0. The topological polar surface area (TPSA) is 71.1 Å². The minimum atomic E-state index is -3.52. The Morgan fingerprint density at radius 2 is 1.54 bits per heavy atom. The molecule has 0 radical (unpaired) electrons. The van der Waals surface area contributed by atoms with Crippen LogP contribution in [0.1, 0.15) is 54.4 Å². The third-order valence-corrected chi connectivity index (χ3v) is 19.8. The molecule has 0 aromatic heterocycles. The van der Waals surface area contributed by atoms with Crippen LogP contribution in [0, 0.1) is 5.92 Å². The molecule has 2 rings (SSSR count). The molecule has 1 fully saturated rings. The van der Waals surface area contributed by atoms with Crippen LogP contribution in [-0.2, 0) is 28.2 Å². The number of hydrogen-bond donors (Lipinski definition) is 0. The predicted octanol–water partition coefficient (Wildman–Crippen LogP) is 7.24. The van der Waals surface area contributed by atoms with Crippen LogP contribution in [0.3, 0.4) is 0 Å². The van der Waals surface area contributed by atoms with Crippen LogP contribution in [0.25, 0.3) is 0 Å². The van der Waals surface area contributed by atoms with Gasteiger partial charge in [-0.1, -0.05) is 65.8 Å². The van der Waals surface area contributed by atoms with Crippen LogP contribution in [0.15, 0.2) is 47.9 Å². The maximum atomic E-state index is 13.4. The predicted molar refractivity (Wildman–Crippen MR) is 166 cm³/mol. The highest BCUT2D eigenvalue weighted by Crippen LogP contribution is 2.41. The van der Waals surface area contributed by atoms with Gasteiger partial charge in [-0.25, -0.2) is 8.42 Å². The number of rotatable bonds is 13. The van der Waals surface area contributed by atoms with Gasteiger partial charge in [0.05, 0.1) is 41.7 Å². The van der Waals surface area contributed by atoms with Gasteiger partial charge in [-0.15, -0.1) is 6.58 Å². The number of benzene rings is 1. The first-order chi connectivity index (χ1) is 17.8. The summed E-state index contributed by atoms with van der Waals surface area (Å²) < 4.78 is 52.9. The highest BCUT2D eigenvalue weighted by atomic mass is 32.2. The molecule has 39 heavy (non-hydrogen) atoms. The smallest absolute Gasteiger partial charge is 0.192 e. The Balaban J connectivity index is 2.35. The first-order valence-corrected chi connectivity index (χ1v) is 21.6. The molecule has 6 nitrogen and oxygen atoms in total. The van der Waals surface area contributed by atoms with E-state index in [1.807, 2.05) is 6.07 Å². The third kappa shape index (κ3) is 8.83. The Labute approximate surface area is 241 Å². The highest BCUT2D eigenvalue weighted by molar-refractivity contribution is 7.91. The van der Waals surface area contributed by atoms with Crippen LogP contribution in [-0.4, -0.2) is 68.9 Å². The lowest BCUT2D eigenvalue weighted by molar-refractivity contribution is -0.0357. The van der Waals surface area contributed by atoms with Gasteiger partial charge < -0.3 is 18.3 Å². The summed E-state index contributed by atoms with van der Waals surface area (Å²) in [5.41, 5.74) is 0. The van der Waals surface area contributed by atoms with Crippen molar-refractivity contribution in [3.05, 3.63) is 43.0 Å². The van der Waals surface area contributed by atoms with E-state index in [2.05, 4.69) is 74.3 Å². The van der Waals surface area contributed by atoms with Gasteiger partial charge in [0.2, 0.25) is 0 Å². The molecule has 1 aromatic rings. The van der Waals surface area contributed by atoms with Crippen molar-refractivity contribution in [1.29, 1.82) is 0 Å². The molecule has 0 unspecified atom stereocenters. The van der Waals surface area contributed by atoms with E-state index in [0.717, 1.165) is 0 Å². The van der Waals surface area contributed by atoms with Crippen LogP contribution >= 0.6 is 0 Å². The lowest BCUT2D eigenvalue weighted by Crippen LogP contribution is -2.49. The van der Waals surface area contributed by atoms with Crippen LogP contribution < -0.4 is 0 Å². The van der Waals surface area contributed by atoms with Crippen molar-refractivity contribution < 1.29 is 26.7 Å². The summed E-state index contributed by atoms with van der Waals surface area (Å²) in [4.78, 5) is 0.322. The first kappa shape index (κ1) is 34.4. The molecule has 224 valence electrons. The largest absolute Gasteiger partial charge is 0.414 e. The van der Waals surface area contributed by atoms with E-state index in [4.69, 9.17) is 18.3 Å². The fourth-order valence-corrected chi connectivity index (χ4v) is 8.56. The average molecular weight is 599 g/mol. The van der Waals surface area contributed by atoms with Gasteiger partial charge in [0, 0.05) is 19.4 Å². The lowest BCUT2D eigenvalue weighted by atomic mass is 9.94. The first-order valence-electron chi connectivity index (χ1n) is 14.1. The van der Waals surface area contributed by atoms with Crippen molar-refractivity contribution in [1.82, 2.24) is 0 Å². The molecule has 0 N–H and O–H groups in total.